The van der Waals surface area contributed by atoms with Crippen molar-refractivity contribution in [1.82, 2.24) is 5.32 Å². The quantitative estimate of drug-likeness (QED) is 0.760. The molecule has 0 radical (unpaired) electrons. The highest BCUT2D eigenvalue weighted by Gasteiger charge is 2.16. The molecule has 21 heavy (non-hydrogen) atoms. The minimum Gasteiger partial charge on any atom is -0.351 e. The number of halogens is 2. The van der Waals surface area contributed by atoms with Gasteiger partial charge in [-0.25, -0.2) is 16.8 Å². The summed E-state index contributed by atoms with van der Waals surface area (Å²) >= 11 is 5.73. The summed E-state index contributed by atoms with van der Waals surface area (Å²) in [4.78, 5) is 11.5. The molecule has 0 heterocycles. The van der Waals surface area contributed by atoms with E-state index in [0.717, 1.165) is 12.1 Å². The average molecular weight is 374 g/mol. The van der Waals surface area contributed by atoms with Gasteiger partial charge in [0.2, 0.25) is 0 Å². The van der Waals surface area contributed by atoms with Crippen molar-refractivity contribution in [1.29, 1.82) is 0 Å². The maximum absolute atomic E-state index is 11.8. The third kappa shape index (κ3) is 5.82. The van der Waals surface area contributed by atoms with Crippen LogP contribution in [0.25, 0.3) is 0 Å². The molecule has 6 nitrogen and oxygen atoms in total. The molecule has 0 saturated heterocycles. The Kier molecular flexibility index (Phi) is 6.03. The van der Waals surface area contributed by atoms with Gasteiger partial charge in [0.25, 0.3) is 15.0 Å². The Morgan fingerprint density at radius 1 is 1.19 bits per heavy atom. The van der Waals surface area contributed by atoms with E-state index in [2.05, 4.69) is 5.32 Å². The van der Waals surface area contributed by atoms with Crippen LogP contribution in [-0.2, 0) is 18.9 Å². The van der Waals surface area contributed by atoms with E-state index in [1.54, 1.807) is 0 Å². The van der Waals surface area contributed by atoms with Gasteiger partial charge >= 0.3 is 0 Å². The van der Waals surface area contributed by atoms with Gasteiger partial charge in [0.1, 0.15) is 0 Å². The summed E-state index contributed by atoms with van der Waals surface area (Å²) < 4.78 is 45.1. The van der Waals surface area contributed by atoms with Crippen LogP contribution in [0.15, 0.2) is 23.1 Å². The van der Waals surface area contributed by atoms with Crippen molar-refractivity contribution in [2.75, 3.05) is 18.1 Å². The molecule has 0 aliphatic carbocycles. The van der Waals surface area contributed by atoms with Gasteiger partial charge in [0, 0.05) is 33.6 Å². The Morgan fingerprint density at radius 2 is 1.81 bits per heavy atom. The molecule has 1 rings (SSSR count). The zero-order valence-electron chi connectivity index (χ0n) is 11.0. The molecule has 0 unspecified atom stereocenters. The van der Waals surface area contributed by atoms with E-state index >= 15 is 0 Å². The highest BCUT2D eigenvalue weighted by Crippen LogP contribution is 2.21. The normalized spacial score (nSPS) is 12.1. The Labute approximate surface area is 132 Å². The highest BCUT2D eigenvalue weighted by atomic mass is 35.7. The fourth-order valence-electron chi connectivity index (χ4n) is 1.40. The van der Waals surface area contributed by atoms with Gasteiger partial charge < -0.3 is 5.32 Å². The van der Waals surface area contributed by atoms with E-state index < -0.39 is 24.8 Å². The lowest BCUT2D eigenvalue weighted by molar-refractivity contribution is 0.0956. The van der Waals surface area contributed by atoms with Crippen molar-refractivity contribution < 1.29 is 21.6 Å². The van der Waals surface area contributed by atoms with E-state index in [4.69, 9.17) is 22.3 Å². The summed E-state index contributed by atoms with van der Waals surface area (Å²) in [6.07, 6.45) is 0. The predicted molar refractivity (Wildman–Crippen MR) is 81.2 cm³/mol. The number of rotatable bonds is 6. The molecule has 10 heteroatoms. The molecule has 0 aliphatic heterocycles. The van der Waals surface area contributed by atoms with Gasteiger partial charge in [-0.3, -0.25) is 4.79 Å². The molecule has 0 saturated carbocycles. The number of nitrogens with one attached hydrogen (secondary N) is 1. The molecule has 0 fully saturated rings. The van der Waals surface area contributed by atoms with Crippen LogP contribution in [0.1, 0.15) is 17.3 Å². The molecule has 0 aliphatic rings. The lowest BCUT2D eigenvalue weighted by atomic mass is 10.2. The first-order valence-corrected chi connectivity index (χ1v) is 10.3. The second-order valence-electron chi connectivity index (χ2n) is 4.11. The van der Waals surface area contributed by atoms with E-state index in [-0.39, 0.29) is 33.5 Å². The average Bonchev–Trinajstić information content (AvgIpc) is 2.36. The van der Waals surface area contributed by atoms with Crippen molar-refractivity contribution in [3.63, 3.8) is 0 Å². The molecular weight excluding hydrogens is 361 g/mol. The Morgan fingerprint density at radius 3 is 2.33 bits per heavy atom. The van der Waals surface area contributed by atoms with E-state index in [0.29, 0.717) is 0 Å². The predicted octanol–water partition coefficient (Wildman–Crippen LogP) is 1.43. The van der Waals surface area contributed by atoms with Crippen LogP contribution < -0.4 is 5.32 Å². The summed E-state index contributed by atoms with van der Waals surface area (Å²) in [5.74, 6) is -0.851. The molecule has 0 atom stereocenters. The van der Waals surface area contributed by atoms with Crippen LogP contribution in [0.4, 0.5) is 0 Å². The first-order chi connectivity index (χ1) is 9.55. The molecule has 118 valence electrons. The maximum Gasteiger partial charge on any atom is 0.261 e. The third-order valence-corrected chi connectivity index (χ3v) is 5.81. The minimum atomic E-state index is -4.02. The van der Waals surface area contributed by atoms with Crippen LogP contribution >= 0.6 is 22.3 Å². The standard InChI is InChI=1S/C11H13Cl2NO5S2/c1-2-20(16,17)4-3-14-11(15)8-5-9(12)7-10(6-8)21(13,18)19/h5-7H,2-4H2,1H3,(H,14,15). The highest BCUT2D eigenvalue weighted by molar-refractivity contribution is 8.13. The fraction of sp³-hybridized carbons (Fsp3) is 0.364. The van der Waals surface area contributed by atoms with Crippen LogP contribution in [0.5, 0.6) is 0 Å². The Balaban J connectivity index is 2.87. The molecule has 0 bridgehead atoms. The molecule has 0 spiro atoms. The van der Waals surface area contributed by atoms with Crippen molar-refractivity contribution in [2.24, 2.45) is 0 Å². The zero-order valence-corrected chi connectivity index (χ0v) is 14.1. The Bertz CT molecular complexity index is 744. The summed E-state index contributed by atoms with van der Waals surface area (Å²) in [5.41, 5.74) is -0.0179. The number of amides is 1. The van der Waals surface area contributed by atoms with Crippen molar-refractivity contribution >= 4 is 47.1 Å². The summed E-state index contributed by atoms with van der Waals surface area (Å²) in [6.45, 7) is 1.43. The van der Waals surface area contributed by atoms with Crippen LogP contribution in [0.2, 0.25) is 5.02 Å². The van der Waals surface area contributed by atoms with Gasteiger partial charge in [-0.1, -0.05) is 18.5 Å². The first kappa shape index (κ1) is 18.2. The monoisotopic (exact) mass is 373 g/mol. The lowest BCUT2D eigenvalue weighted by Crippen LogP contribution is -2.29. The maximum atomic E-state index is 11.8. The summed E-state index contributed by atoms with van der Waals surface area (Å²) in [6, 6.07) is 3.44. The van der Waals surface area contributed by atoms with Gasteiger partial charge in [-0.2, -0.15) is 0 Å². The van der Waals surface area contributed by atoms with Crippen LogP contribution in [0, 0.1) is 0 Å². The number of benzene rings is 1. The third-order valence-electron chi connectivity index (χ3n) is 2.55. The number of carbonyl (C=O) groups is 1. The molecule has 0 aromatic heterocycles. The van der Waals surface area contributed by atoms with Gasteiger partial charge in [0.15, 0.2) is 9.84 Å². The van der Waals surface area contributed by atoms with Gasteiger partial charge in [-0.05, 0) is 18.2 Å². The molecule has 1 amide bonds. The topological polar surface area (TPSA) is 97.4 Å². The minimum absolute atomic E-state index is 0.0179. The molecule has 1 aromatic carbocycles. The largest absolute Gasteiger partial charge is 0.351 e. The van der Waals surface area contributed by atoms with E-state index in [1.165, 1.54) is 13.0 Å². The number of hydrogen-bond donors (Lipinski definition) is 1. The smallest absolute Gasteiger partial charge is 0.261 e. The Hall–Kier alpha value is -0.830. The van der Waals surface area contributed by atoms with Crippen molar-refractivity contribution in [2.45, 2.75) is 11.8 Å². The van der Waals surface area contributed by atoms with Crippen LogP contribution in [0.3, 0.4) is 0 Å². The van der Waals surface area contributed by atoms with Gasteiger partial charge in [-0.15, -0.1) is 0 Å². The van der Waals surface area contributed by atoms with Crippen molar-refractivity contribution in [3.8, 4) is 0 Å². The number of hydrogen-bond acceptors (Lipinski definition) is 5. The molecular formula is C11H13Cl2NO5S2. The zero-order chi connectivity index (χ0) is 16.3. The van der Waals surface area contributed by atoms with Crippen LogP contribution in [-0.4, -0.2) is 40.8 Å². The molecule has 1 N–H and O–H groups in total. The summed E-state index contributed by atoms with van der Waals surface area (Å²) in [7, 11) is -2.02. The van der Waals surface area contributed by atoms with Crippen molar-refractivity contribution in [3.05, 3.63) is 28.8 Å². The SMILES string of the molecule is CCS(=O)(=O)CCNC(=O)c1cc(Cl)cc(S(=O)(=O)Cl)c1. The fourth-order valence-corrected chi connectivity index (χ4v) is 3.21. The van der Waals surface area contributed by atoms with Gasteiger partial charge in [0.05, 0.1) is 10.6 Å². The van der Waals surface area contributed by atoms with E-state index in [9.17, 15) is 21.6 Å². The second kappa shape index (κ2) is 6.95. The number of sulfone groups is 1. The first-order valence-electron chi connectivity index (χ1n) is 5.79. The molecule has 1 aromatic rings. The lowest BCUT2D eigenvalue weighted by Gasteiger charge is -2.07. The summed E-state index contributed by atoms with van der Waals surface area (Å²) in [5, 5.41) is 2.41. The number of carbonyl (C=O) groups excluding carboxylic acids is 1. The van der Waals surface area contributed by atoms with E-state index in [1.807, 2.05) is 0 Å². The second-order valence-corrected chi connectivity index (χ2v) is 9.58.